The van der Waals surface area contributed by atoms with E-state index in [1.54, 1.807) is 0 Å². The lowest BCUT2D eigenvalue weighted by atomic mass is 10.00. The Labute approximate surface area is 128 Å². The van der Waals surface area contributed by atoms with Crippen molar-refractivity contribution >= 4 is 27.5 Å². The molecule has 5 heteroatoms. The maximum absolute atomic E-state index is 11.8. The molecule has 1 aromatic rings. The molecule has 0 aliphatic carbocycles. The molecule has 1 amide bonds. The van der Waals surface area contributed by atoms with Gasteiger partial charge >= 0.3 is 0 Å². The summed E-state index contributed by atoms with van der Waals surface area (Å²) in [5, 5.41) is 6.09. The molecule has 1 saturated heterocycles. The van der Waals surface area contributed by atoms with Crippen LogP contribution in [0.4, 0.5) is 5.69 Å². The number of amides is 1. The molecule has 2 atom stereocenters. The number of carbonyl (C=O) groups is 1. The molecule has 110 valence electrons. The molecule has 2 rings (SSSR count). The van der Waals surface area contributed by atoms with Crippen molar-refractivity contribution in [2.75, 3.05) is 25.0 Å². The van der Waals surface area contributed by atoms with Crippen LogP contribution >= 0.6 is 15.9 Å². The van der Waals surface area contributed by atoms with E-state index in [1.807, 2.05) is 24.3 Å². The Balaban J connectivity index is 1.70. The highest BCUT2D eigenvalue weighted by atomic mass is 79.9. The molecule has 2 N–H and O–H groups in total. The number of anilines is 1. The van der Waals surface area contributed by atoms with Gasteiger partial charge in [-0.15, -0.1) is 0 Å². The third-order valence-corrected chi connectivity index (χ3v) is 4.04. The molecule has 0 aromatic heterocycles. The number of halogens is 1. The van der Waals surface area contributed by atoms with E-state index in [-0.39, 0.29) is 5.91 Å². The third-order valence-electron chi connectivity index (χ3n) is 3.55. The van der Waals surface area contributed by atoms with Gasteiger partial charge < -0.3 is 15.4 Å². The van der Waals surface area contributed by atoms with E-state index >= 15 is 0 Å². The van der Waals surface area contributed by atoms with Crippen LogP contribution in [0.5, 0.6) is 0 Å². The SMILES string of the molecule is CCC1OCCC1CNCC(=O)Nc1cccc(Br)c1. The normalized spacial score (nSPS) is 21.9. The number of ether oxygens (including phenoxy) is 1. The van der Waals surface area contributed by atoms with Gasteiger partial charge in [0.2, 0.25) is 5.91 Å². The Morgan fingerprint density at radius 2 is 2.35 bits per heavy atom. The monoisotopic (exact) mass is 340 g/mol. The Morgan fingerprint density at radius 1 is 1.50 bits per heavy atom. The summed E-state index contributed by atoms with van der Waals surface area (Å²) in [6.07, 6.45) is 2.46. The predicted octanol–water partition coefficient (Wildman–Crippen LogP) is 2.79. The maximum Gasteiger partial charge on any atom is 0.238 e. The third kappa shape index (κ3) is 4.58. The summed E-state index contributed by atoms with van der Waals surface area (Å²) < 4.78 is 6.59. The second-order valence-corrected chi connectivity index (χ2v) is 5.97. The van der Waals surface area contributed by atoms with Crippen molar-refractivity contribution in [3.05, 3.63) is 28.7 Å². The van der Waals surface area contributed by atoms with E-state index in [1.165, 1.54) is 0 Å². The Hall–Kier alpha value is -0.910. The molecular formula is C15H21BrN2O2. The smallest absolute Gasteiger partial charge is 0.238 e. The number of rotatable bonds is 6. The zero-order chi connectivity index (χ0) is 14.4. The zero-order valence-corrected chi connectivity index (χ0v) is 13.3. The van der Waals surface area contributed by atoms with Crippen molar-refractivity contribution in [2.24, 2.45) is 5.92 Å². The van der Waals surface area contributed by atoms with Crippen LogP contribution in [0.15, 0.2) is 28.7 Å². The van der Waals surface area contributed by atoms with Gasteiger partial charge in [0.1, 0.15) is 0 Å². The molecule has 0 saturated carbocycles. The highest BCUT2D eigenvalue weighted by Crippen LogP contribution is 2.22. The summed E-state index contributed by atoms with van der Waals surface area (Å²) in [4.78, 5) is 11.8. The van der Waals surface area contributed by atoms with Crippen LogP contribution < -0.4 is 10.6 Å². The summed E-state index contributed by atoms with van der Waals surface area (Å²) >= 11 is 3.38. The van der Waals surface area contributed by atoms with Crippen molar-refractivity contribution in [1.29, 1.82) is 0 Å². The number of nitrogens with one attached hydrogen (secondary N) is 2. The lowest BCUT2D eigenvalue weighted by Crippen LogP contribution is -2.34. The number of hydrogen-bond acceptors (Lipinski definition) is 3. The van der Waals surface area contributed by atoms with Crippen molar-refractivity contribution in [3.63, 3.8) is 0 Å². The molecule has 1 aromatic carbocycles. The first kappa shape index (κ1) is 15.5. The van der Waals surface area contributed by atoms with Gasteiger partial charge in [0.05, 0.1) is 12.6 Å². The summed E-state index contributed by atoms with van der Waals surface area (Å²) in [7, 11) is 0. The molecule has 1 aliphatic heterocycles. The molecule has 1 aliphatic rings. The summed E-state index contributed by atoms with van der Waals surface area (Å²) in [6, 6.07) is 7.59. The van der Waals surface area contributed by atoms with Gasteiger partial charge in [0.15, 0.2) is 0 Å². The minimum atomic E-state index is -0.0185. The van der Waals surface area contributed by atoms with E-state index in [0.29, 0.717) is 18.6 Å². The van der Waals surface area contributed by atoms with Crippen LogP contribution in [0.3, 0.4) is 0 Å². The highest BCUT2D eigenvalue weighted by Gasteiger charge is 2.26. The van der Waals surface area contributed by atoms with Crippen LogP contribution in [0.1, 0.15) is 19.8 Å². The first-order chi connectivity index (χ1) is 9.69. The quantitative estimate of drug-likeness (QED) is 0.837. The lowest BCUT2D eigenvalue weighted by molar-refractivity contribution is -0.115. The Morgan fingerprint density at radius 3 is 3.10 bits per heavy atom. The first-order valence-corrected chi connectivity index (χ1v) is 7.86. The van der Waals surface area contributed by atoms with Crippen molar-refractivity contribution < 1.29 is 9.53 Å². The van der Waals surface area contributed by atoms with E-state index in [4.69, 9.17) is 4.74 Å². The van der Waals surface area contributed by atoms with E-state index < -0.39 is 0 Å². The van der Waals surface area contributed by atoms with Gasteiger partial charge in [-0.2, -0.15) is 0 Å². The second kappa shape index (κ2) is 7.76. The largest absolute Gasteiger partial charge is 0.378 e. The minimum absolute atomic E-state index is 0.0185. The van der Waals surface area contributed by atoms with E-state index in [9.17, 15) is 4.79 Å². The summed E-state index contributed by atoms with van der Waals surface area (Å²) in [6.45, 7) is 4.15. The molecule has 2 unspecified atom stereocenters. The summed E-state index contributed by atoms with van der Waals surface area (Å²) in [5.41, 5.74) is 0.807. The number of carbonyl (C=O) groups excluding carboxylic acids is 1. The molecular weight excluding hydrogens is 320 g/mol. The van der Waals surface area contributed by atoms with Crippen molar-refractivity contribution in [3.8, 4) is 0 Å². The maximum atomic E-state index is 11.8. The molecule has 20 heavy (non-hydrogen) atoms. The molecule has 4 nitrogen and oxygen atoms in total. The van der Waals surface area contributed by atoms with E-state index in [2.05, 4.69) is 33.5 Å². The first-order valence-electron chi connectivity index (χ1n) is 7.06. The van der Waals surface area contributed by atoms with Crippen LogP contribution in [-0.2, 0) is 9.53 Å². The number of hydrogen-bond donors (Lipinski definition) is 2. The van der Waals surface area contributed by atoms with Crippen molar-refractivity contribution in [1.82, 2.24) is 5.32 Å². The van der Waals surface area contributed by atoms with Gasteiger partial charge in [-0.3, -0.25) is 4.79 Å². The highest BCUT2D eigenvalue weighted by molar-refractivity contribution is 9.10. The van der Waals surface area contributed by atoms with Crippen molar-refractivity contribution in [2.45, 2.75) is 25.9 Å². The molecule has 0 spiro atoms. The average Bonchev–Trinajstić information content (AvgIpc) is 2.86. The summed E-state index contributed by atoms with van der Waals surface area (Å²) in [5.74, 6) is 0.508. The van der Waals surface area contributed by atoms with Crippen LogP contribution in [0.25, 0.3) is 0 Å². The lowest BCUT2D eigenvalue weighted by Gasteiger charge is -2.17. The predicted molar refractivity (Wildman–Crippen MR) is 83.8 cm³/mol. The van der Waals surface area contributed by atoms with E-state index in [0.717, 1.165) is 36.2 Å². The average molecular weight is 341 g/mol. The van der Waals surface area contributed by atoms with Gasteiger partial charge in [0, 0.05) is 23.3 Å². The van der Waals surface area contributed by atoms with Gasteiger partial charge in [0.25, 0.3) is 0 Å². The minimum Gasteiger partial charge on any atom is -0.378 e. The van der Waals surface area contributed by atoms with Crippen LogP contribution in [0, 0.1) is 5.92 Å². The molecule has 0 bridgehead atoms. The zero-order valence-electron chi connectivity index (χ0n) is 11.7. The standard InChI is InChI=1S/C15H21BrN2O2/c1-2-14-11(6-7-20-14)9-17-10-15(19)18-13-5-3-4-12(16)8-13/h3-5,8,11,14,17H,2,6-7,9-10H2,1H3,(H,18,19). The molecule has 1 heterocycles. The van der Waals surface area contributed by atoms with Gasteiger partial charge in [-0.25, -0.2) is 0 Å². The van der Waals surface area contributed by atoms with Gasteiger partial charge in [-0.1, -0.05) is 28.9 Å². The number of benzene rings is 1. The Kier molecular flexibility index (Phi) is 6.01. The fourth-order valence-electron chi connectivity index (χ4n) is 2.52. The topological polar surface area (TPSA) is 50.4 Å². The Bertz CT molecular complexity index is 453. The van der Waals surface area contributed by atoms with Gasteiger partial charge in [-0.05, 0) is 37.0 Å². The van der Waals surface area contributed by atoms with Crippen LogP contribution in [-0.4, -0.2) is 31.7 Å². The molecule has 0 radical (unpaired) electrons. The molecule has 1 fully saturated rings. The second-order valence-electron chi connectivity index (χ2n) is 5.06. The fourth-order valence-corrected chi connectivity index (χ4v) is 2.92. The fraction of sp³-hybridized carbons (Fsp3) is 0.533. The van der Waals surface area contributed by atoms with Crippen LogP contribution in [0.2, 0.25) is 0 Å².